The maximum atomic E-state index is 11.9. The molecule has 0 radical (unpaired) electrons. The fourth-order valence-electron chi connectivity index (χ4n) is 2.31. The van der Waals surface area contributed by atoms with E-state index < -0.39 is 0 Å². The Morgan fingerprint density at radius 2 is 2.18 bits per heavy atom. The molecule has 1 saturated heterocycles. The molecule has 7 heteroatoms. The van der Waals surface area contributed by atoms with Crippen molar-refractivity contribution in [1.29, 1.82) is 0 Å². The number of benzene rings is 1. The molecule has 5 nitrogen and oxygen atoms in total. The Bertz CT molecular complexity index is 534. The third-order valence-electron chi connectivity index (χ3n) is 3.53. The highest BCUT2D eigenvalue weighted by Crippen LogP contribution is 2.19. The van der Waals surface area contributed by atoms with Crippen LogP contribution in [0.25, 0.3) is 0 Å². The quantitative estimate of drug-likeness (QED) is 0.738. The monoisotopic (exact) mass is 389 g/mol. The van der Waals surface area contributed by atoms with Gasteiger partial charge >= 0.3 is 0 Å². The predicted molar refractivity (Wildman–Crippen MR) is 93.4 cm³/mol. The summed E-state index contributed by atoms with van der Waals surface area (Å²) in [6, 6.07) is 5.59. The number of piperidine rings is 1. The highest BCUT2D eigenvalue weighted by Gasteiger charge is 2.20. The van der Waals surface area contributed by atoms with E-state index >= 15 is 0 Å². The summed E-state index contributed by atoms with van der Waals surface area (Å²) in [5.41, 5.74) is 1.78. The van der Waals surface area contributed by atoms with Crippen molar-refractivity contribution in [3.05, 3.63) is 28.2 Å². The number of halogens is 2. The molecule has 1 unspecified atom stereocenters. The molecule has 1 aliphatic heterocycles. The minimum atomic E-state index is -0.214. The number of amides is 2. The Hall–Kier alpha value is -1.11. The molecule has 0 aliphatic carbocycles. The van der Waals surface area contributed by atoms with Crippen molar-refractivity contribution in [3.63, 3.8) is 0 Å². The van der Waals surface area contributed by atoms with Gasteiger partial charge < -0.3 is 16.0 Å². The van der Waals surface area contributed by atoms with Crippen molar-refractivity contribution >= 4 is 45.8 Å². The first-order valence-corrected chi connectivity index (χ1v) is 7.90. The Morgan fingerprint density at radius 3 is 2.82 bits per heavy atom. The number of carbonyl (C=O) groups excluding carboxylic acids is 2. The third-order valence-corrected chi connectivity index (χ3v) is 4.42. The molecule has 0 saturated carbocycles. The van der Waals surface area contributed by atoms with Crippen LogP contribution in [-0.4, -0.2) is 31.4 Å². The summed E-state index contributed by atoms with van der Waals surface area (Å²) >= 11 is 3.41. The summed E-state index contributed by atoms with van der Waals surface area (Å²) < 4.78 is 0.999. The van der Waals surface area contributed by atoms with Gasteiger partial charge in [0.15, 0.2) is 0 Å². The second-order valence-corrected chi connectivity index (χ2v) is 6.13. The number of nitrogens with one attached hydrogen (secondary N) is 3. The lowest BCUT2D eigenvalue weighted by Crippen LogP contribution is -2.42. The van der Waals surface area contributed by atoms with Crippen molar-refractivity contribution in [2.45, 2.75) is 19.8 Å². The SMILES string of the molecule is Cc1cc(NC(=O)CNC(=O)C2CCCNC2)ccc1Br.Cl. The maximum absolute atomic E-state index is 11.9. The van der Waals surface area contributed by atoms with Crippen LogP contribution in [0.1, 0.15) is 18.4 Å². The van der Waals surface area contributed by atoms with Gasteiger partial charge in [-0.3, -0.25) is 9.59 Å². The fourth-order valence-corrected chi connectivity index (χ4v) is 2.56. The summed E-state index contributed by atoms with van der Waals surface area (Å²) in [6.07, 6.45) is 1.88. The average molecular weight is 391 g/mol. The minimum Gasteiger partial charge on any atom is -0.347 e. The summed E-state index contributed by atoms with van der Waals surface area (Å²) in [6.45, 7) is 3.62. The number of hydrogen-bond donors (Lipinski definition) is 3. The van der Waals surface area contributed by atoms with Crippen LogP contribution < -0.4 is 16.0 Å². The van der Waals surface area contributed by atoms with E-state index in [1.165, 1.54) is 0 Å². The third kappa shape index (κ3) is 5.59. The van der Waals surface area contributed by atoms with Gasteiger partial charge in [-0.15, -0.1) is 12.4 Å². The van der Waals surface area contributed by atoms with E-state index in [0.29, 0.717) is 6.54 Å². The highest BCUT2D eigenvalue weighted by atomic mass is 79.9. The maximum Gasteiger partial charge on any atom is 0.243 e. The van der Waals surface area contributed by atoms with Crippen LogP contribution in [0.15, 0.2) is 22.7 Å². The van der Waals surface area contributed by atoms with Gasteiger partial charge in [-0.25, -0.2) is 0 Å². The molecule has 1 heterocycles. The van der Waals surface area contributed by atoms with Crippen LogP contribution in [0, 0.1) is 12.8 Å². The molecule has 1 fully saturated rings. The molecular weight excluding hydrogens is 370 g/mol. The Kier molecular flexibility index (Phi) is 7.85. The number of rotatable bonds is 4. The summed E-state index contributed by atoms with van der Waals surface area (Å²) in [4.78, 5) is 23.8. The smallest absolute Gasteiger partial charge is 0.243 e. The molecule has 0 bridgehead atoms. The number of hydrogen-bond acceptors (Lipinski definition) is 3. The first kappa shape index (κ1) is 18.9. The first-order chi connectivity index (χ1) is 10.1. The minimum absolute atomic E-state index is 0. The summed E-state index contributed by atoms with van der Waals surface area (Å²) in [7, 11) is 0. The van der Waals surface area contributed by atoms with Gasteiger partial charge in [-0.05, 0) is 50.1 Å². The zero-order valence-corrected chi connectivity index (χ0v) is 14.9. The van der Waals surface area contributed by atoms with Crippen molar-refractivity contribution in [2.24, 2.45) is 5.92 Å². The zero-order valence-electron chi connectivity index (χ0n) is 12.4. The molecule has 3 N–H and O–H groups in total. The van der Waals surface area contributed by atoms with E-state index in [9.17, 15) is 9.59 Å². The molecule has 1 aromatic carbocycles. The van der Waals surface area contributed by atoms with Crippen LogP contribution >= 0.6 is 28.3 Å². The molecule has 1 aliphatic rings. The lowest BCUT2D eigenvalue weighted by atomic mass is 9.99. The van der Waals surface area contributed by atoms with Crippen LogP contribution in [0.5, 0.6) is 0 Å². The predicted octanol–water partition coefficient (Wildman–Crippen LogP) is 2.23. The Labute approximate surface area is 145 Å². The molecule has 22 heavy (non-hydrogen) atoms. The van der Waals surface area contributed by atoms with Crippen molar-refractivity contribution in [2.75, 3.05) is 25.0 Å². The van der Waals surface area contributed by atoms with Crippen LogP contribution in [0.3, 0.4) is 0 Å². The van der Waals surface area contributed by atoms with Gasteiger partial charge in [0.1, 0.15) is 0 Å². The van der Waals surface area contributed by atoms with Gasteiger partial charge in [-0.1, -0.05) is 15.9 Å². The number of carbonyl (C=O) groups is 2. The molecule has 2 rings (SSSR count). The lowest BCUT2D eigenvalue weighted by molar-refractivity contribution is -0.127. The molecule has 0 spiro atoms. The van der Waals surface area contributed by atoms with Gasteiger partial charge in [0, 0.05) is 16.7 Å². The van der Waals surface area contributed by atoms with Crippen LogP contribution in [0.2, 0.25) is 0 Å². The fraction of sp³-hybridized carbons (Fsp3) is 0.467. The number of aryl methyl sites for hydroxylation is 1. The topological polar surface area (TPSA) is 70.2 Å². The Balaban J connectivity index is 0.00000242. The highest BCUT2D eigenvalue weighted by molar-refractivity contribution is 9.10. The van der Waals surface area contributed by atoms with Gasteiger partial charge in [-0.2, -0.15) is 0 Å². The molecule has 0 aromatic heterocycles. The van der Waals surface area contributed by atoms with E-state index in [2.05, 4.69) is 31.9 Å². The van der Waals surface area contributed by atoms with E-state index in [4.69, 9.17) is 0 Å². The lowest BCUT2D eigenvalue weighted by Gasteiger charge is -2.21. The standard InChI is InChI=1S/C15H20BrN3O2.ClH/c1-10-7-12(4-5-13(10)16)19-14(20)9-18-15(21)11-3-2-6-17-8-11;/h4-5,7,11,17H,2-3,6,8-9H2,1H3,(H,18,21)(H,19,20);1H. The average Bonchev–Trinajstić information content (AvgIpc) is 2.49. The second-order valence-electron chi connectivity index (χ2n) is 5.27. The first-order valence-electron chi connectivity index (χ1n) is 7.10. The van der Waals surface area contributed by atoms with E-state index in [-0.39, 0.29) is 36.7 Å². The van der Waals surface area contributed by atoms with E-state index in [1.54, 1.807) is 0 Å². The van der Waals surface area contributed by atoms with E-state index in [0.717, 1.165) is 35.1 Å². The van der Waals surface area contributed by atoms with Gasteiger partial charge in [0.25, 0.3) is 0 Å². The van der Waals surface area contributed by atoms with Gasteiger partial charge in [0.05, 0.1) is 12.5 Å². The Morgan fingerprint density at radius 1 is 1.41 bits per heavy atom. The van der Waals surface area contributed by atoms with Crippen LogP contribution in [-0.2, 0) is 9.59 Å². The molecule has 1 atom stereocenters. The van der Waals surface area contributed by atoms with Crippen LogP contribution in [0.4, 0.5) is 5.69 Å². The zero-order chi connectivity index (χ0) is 15.2. The van der Waals surface area contributed by atoms with E-state index in [1.807, 2.05) is 25.1 Å². The van der Waals surface area contributed by atoms with Crippen molar-refractivity contribution < 1.29 is 9.59 Å². The normalized spacial score (nSPS) is 17.3. The molecule has 1 aromatic rings. The largest absolute Gasteiger partial charge is 0.347 e. The molecule has 2 amide bonds. The second kappa shape index (κ2) is 9.12. The van der Waals surface area contributed by atoms with Crippen molar-refractivity contribution in [1.82, 2.24) is 10.6 Å². The van der Waals surface area contributed by atoms with Crippen molar-refractivity contribution in [3.8, 4) is 0 Å². The number of anilines is 1. The molecule has 122 valence electrons. The summed E-state index contributed by atoms with van der Waals surface area (Å²) in [5, 5.41) is 8.67. The molecular formula is C15H21BrClN3O2. The summed E-state index contributed by atoms with van der Waals surface area (Å²) in [5.74, 6) is -0.292. The van der Waals surface area contributed by atoms with Gasteiger partial charge in [0.2, 0.25) is 11.8 Å².